The van der Waals surface area contributed by atoms with E-state index in [-0.39, 0.29) is 6.61 Å². The number of benzene rings is 2. The van der Waals surface area contributed by atoms with Crippen LogP contribution in [0.15, 0.2) is 45.9 Å². The molecule has 2 rings (SSSR count). The van der Waals surface area contributed by atoms with Gasteiger partial charge >= 0.3 is 0 Å². The van der Waals surface area contributed by atoms with Gasteiger partial charge in [-0.1, -0.05) is 39.5 Å². The van der Waals surface area contributed by atoms with E-state index in [0.29, 0.717) is 0 Å². The lowest BCUT2D eigenvalue weighted by molar-refractivity contribution is 0.370. The summed E-state index contributed by atoms with van der Waals surface area (Å²) < 4.78 is 6.50. The molecular weight excluding hydrogens is 326 g/mol. The average molecular weight is 342 g/mol. The summed E-state index contributed by atoms with van der Waals surface area (Å²) >= 11 is 3.46. The lowest BCUT2D eigenvalue weighted by Gasteiger charge is -2.07. The Labute approximate surface area is 134 Å². The van der Waals surface area contributed by atoms with Gasteiger partial charge in [-0.05, 0) is 43.7 Å². The van der Waals surface area contributed by atoms with Crippen LogP contribution in [0.5, 0.6) is 5.75 Å². The van der Waals surface area contributed by atoms with Gasteiger partial charge in [-0.15, -0.1) is 6.42 Å². The number of nitrogens with zero attached hydrogens (tertiary/aromatic N) is 1. The van der Waals surface area contributed by atoms with E-state index < -0.39 is 0 Å². The van der Waals surface area contributed by atoms with Crippen molar-refractivity contribution in [3.63, 3.8) is 0 Å². The molecule has 106 valence electrons. The van der Waals surface area contributed by atoms with Crippen molar-refractivity contribution in [1.82, 2.24) is 0 Å². The molecule has 21 heavy (non-hydrogen) atoms. The van der Waals surface area contributed by atoms with Crippen molar-refractivity contribution < 1.29 is 4.74 Å². The Balaban J connectivity index is 2.31. The van der Waals surface area contributed by atoms with Crippen molar-refractivity contribution >= 4 is 27.8 Å². The first kappa shape index (κ1) is 15.3. The van der Waals surface area contributed by atoms with Crippen LogP contribution in [-0.4, -0.2) is 12.8 Å². The standard InChI is InChI=1S/C18H16BrNO/c1-4-9-21-18-8-6-16(19)11-15(18)12-20-17-7-5-13(2)10-14(17)3/h1,5-8,10-12H,9H2,2-3H3. The van der Waals surface area contributed by atoms with E-state index >= 15 is 0 Å². The summed E-state index contributed by atoms with van der Waals surface area (Å²) in [6.07, 6.45) is 7.04. The zero-order valence-corrected chi connectivity index (χ0v) is 13.6. The van der Waals surface area contributed by atoms with Crippen LogP contribution in [0, 0.1) is 26.2 Å². The highest BCUT2D eigenvalue weighted by Crippen LogP contribution is 2.24. The minimum atomic E-state index is 0.242. The third kappa shape index (κ3) is 4.21. The van der Waals surface area contributed by atoms with E-state index in [4.69, 9.17) is 11.2 Å². The Kier molecular flexibility index (Phi) is 5.19. The summed E-state index contributed by atoms with van der Waals surface area (Å²) in [6, 6.07) is 11.9. The molecule has 0 aromatic heterocycles. The van der Waals surface area contributed by atoms with Crippen LogP contribution in [-0.2, 0) is 0 Å². The van der Waals surface area contributed by atoms with Gasteiger partial charge in [-0.25, -0.2) is 0 Å². The van der Waals surface area contributed by atoms with E-state index in [1.165, 1.54) is 5.56 Å². The fraction of sp³-hybridized carbons (Fsp3) is 0.167. The van der Waals surface area contributed by atoms with Gasteiger partial charge in [0, 0.05) is 16.3 Å². The molecule has 0 fully saturated rings. The van der Waals surface area contributed by atoms with Gasteiger partial charge in [0.15, 0.2) is 0 Å². The number of halogens is 1. The average Bonchev–Trinajstić information content (AvgIpc) is 2.45. The summed E-state index contributed by atoms with van der Waals surface area (Å²) in [5, 5.41) is 0. The minimum Gasteiger partial charge on any atom is -0.480 e. The highest BCUT2D eigenvalue weighted by Gasteiger charge is 2.03. The maximum atomic E-state index is 5.53. The maximum Gasteiger partial charge on any atom is 0.148 e. The zero-order valence-electron chi connectivity index (χ0n) is 12.1. The lowest BCUT2D eigenvalue weighted by Crippen LogP contribution is -1.97. The number of aliphatic imine (C=N–C) groups is 1. The second-order valence-corrected chi connectivity index (χ2v) is 5.64. The molecule has 0 N–H and O–H groups in total. The molecule has 2 aromatic rings. The van der Waals surface area contributed by atoms with E-state index in [9.17, 15) is 0 Å². The van der Waals surface area contributed by atoms with Crippen molar-refractivity contribution in [2.75, 3.05) is 6.61 Å². The number of ether oxygens (including phenoxy) is 1. The molecule has 0 saturated carbocycles. The third-order valence-electron chi connectivity index (χ3n) is 2.98. The third-order valence-corrected chi connectivity index (χ3v) is 3.47. The molecule has 0 aliphatic heterocycles. The first-order valence-electron chi connectivity index (χ1n) is 6.57. The van der Waals surface area contributed by atoms with Gasteiger partial charge in [-0.2, -0.15) is 0 Å². The van der Waals surface area contributed by atoms with E-state index in [2.05, 4.69) is 52.8 Å². The van der Waals surface area contributed by atoms with Gasteiger partial charge < -0.3 is 4.74 Å². The second kappa shape index (κ2) is 7.10. The van der Waals surface area contributed by atoms with Crippen LogP contribution in [0.25, 0.3) is 0 Å². The quantitative estimate of drug-likeness (QED) is 0.576. The van der Waals surface area contributed by atoms with E-state index in [1.54, 1.807) is 6.21 Å². The predicted octanol–water partition coefficient (Wildman–Crippen LogP) is 4.83. The minimum absolute atomic E-state index is 0.242. The predicted molar refractivity (Wildman–Crippen MR) is 91.6 cm³/mol. The molecule has 0 bridgehead atoms. The van der Waals surface area contributed by atoms with E-state index in [0.717, 1.165) is 27.0 Å². The number of hydrogen-bond acceptors (Lipinski definition) is 2. The van der Waals surface area contributed by atoms with Crippen molar-refractivity contribution in [3.05, 3.63) is 57.6 Å². The highest BCUT2D eigenvalue weighted by atomic mass is 79.9. The molecule has 2 nitrogen and oxygen atoms in total. The topological polar surface area (TPSA) is 21.6 Å². The van der Waals surface area contributed by atoms with Gasteiger partial charge in [0.05, 0.1) is 5.69 Å². The Bertz CT molecular complexity index is 714. The first-order chi connectivity index (χ1) is 10.1. The van der Waals surface area contributed by atoms with Crippen LogP contribution in [0.4, 0.5) is 5.69 Å². The largest absolute Gasteiger partial charge is 0.480 e. The van der Waals surface area contributed by atoms with Gasteiger partial charge in [-0.3, -0.25) is 4.99 Å². The zero-order chi connectivity index (χ0) is 15.2. The Morgan fingerprint density at radius 1 is 1.24 bits per heavy atom. The maximum absolute atomic E-state index is 5.53. The molecule has 0 heterocycles. The summed E-state index contributed by atoms with van der Waals surface area (Å²) in [6.45, 7) is 4.36. The molecule has 0 aliphatic rings. The smallest absolute Gasteiger partial charge is 0.148 e. The van der Waals surface area contributed by atoms with Gasteiger partial charge in [0.2, 0.25) is 0 Å². The summed E-state index contributed by atoms with van der Waals surface area (Å²) in [5.74, 6) is 3.20. The van der Waals surface area contributed by atoms with Gasteiger partial charge in [0.1, 0.15) is 12.4 Å². The summed E-state index contributed by atoms with van der Waals surface area (Å²) in [5.41, 5.74) is 4.21. The molecule has 0 amide bonds. The van der Waals surface area contributed by atoms with Crippen LogP contribution in [0.2, 0.25) is 0 Å². The van der Waals surface area contributed by atoms with E-state index in [1.807, 2.05) is 24.3 Å². The Morgan fingerprint density at radius 3 is 2.76 bits per heavy atom. The van der Waals surface area contributed by atoms with Crippen molar-refractivity contribution in [2.24, 2.45) is 4.99 Å². The monoisotopic (exact) mass is 341 g/mol. The Hall–Kier alpha value is -2.05. The SMILES string of the molecule is C#CCOc1ccc(Br)cc1C=Nc1ccc(C)cc1C. The lowest BCUT2D eigenvalue weighted by atomic mass is 10.1. The van der Waals surface area contributed by atoms with Crippen molar-refractivity contribution in [2.45, 2.75) is 13.8 Å². The first-order valence-corrected chi connectivity index (χ1v) is 7.36. The van der Waals surface area contributed by atoms with Crippen molar-refractivity contribution in [3.8, 4) is 18.1 Å². The fourth-order valence-electron chi connectivity index (χ4n) is 1.96. The molecule has 0 spiro atoms. The van der Waals surface area contributed by atoms with Crippen molar-refractivity contribution in [1.29, 1.82) is 0 Å². The molecule has 0 unspecified atom stereocenters. The van der Waals surface area contributed by atoms with Crippen LogP contribution in [0.1, 0.15) is 16.7 Å². The van der Waals surface area contributed by atoms with Gasteiger partial charge in [0.25, 0.3) is 0 Å². The number of aryl methyl sites for hydroxylation is 2. The fourth-order valence-corrected chi connectivity index (χ4v) is 2.34. The van der Waals surface area contributed by atoms with Crippen LogP contribution in [0.3, 0.4) is 0 Å². The number of terminal acetylenes is 1. The molecule has 0 aliphatic carbocycles. The summed E-state index contributed by atoms with van der Waals surface area (Å²) in [4.78, 5) is 4.55. The molecule has 0 radical (unpaired) electrons. The molecule has 2 aromatic carbocycles. The number of hydrogen-bond donors (Lipinski definition) is 0. The molecular formula is C18H16BrNO. The summed E-state index contributed by atoms with van der Waals surface area (Å²) in [7, 11) is 0. The molecule has 0 saturated heterocycles. The number of rotatable bonds is 4. The second-order valence-electron chi connectivity index (χ2n) is 4.72. The normalized spacial score (nSPS) is 10.6. The highest BCUT2D eigenvalue weighted by molar-refractivity contribution is 9.10. The molecule has 3 heteroatoms. The van der Waals surface area contributed by atoms with Crippen LogP contribution < -0.4 is 4.74 Å². The van der Waals surface area contributed by atoms with Crippen LogP contribution >= 0.6 is 15.9 Å². The molecule has 0 atom stereocenters. The Morgan fingerprint density at radius 2 is 2.05 bits per heavy atom.